The van der Waals surface area contributed by atoms with Gasteiger partial charge in [0, 0.05) is 10.3 Å². The van der Waals surface area contributed by atoms with Crippen LogP contribution in [0.5, 0.6) is 0 Å². The van der Waals surface area contributed by atoms with Gasteiger partial charge in [-0.05, 0) is 43.9 Å². The number of nitrogens with zero attached hydrogens (tertiary/aromatic N) is 1. The number of hydrogen-bond acceptors (Lipinski definition) is 4. The monoisotopic (exact) mass is 479 g/mol. The van der Waals surface area contributed by atoms with E-state index in [1.807, 2.05) is 89.2 Å². The molecule has 3 amide bonds. The molecule has 1 fully saturated rings. The van der Waals surface area contributed by atoms with Crippen LogP contribution in [0, 0.1) is 5.92 Å². The molecule has 0 spiro atoms. The smallest absolute Gasteiger partial charge is 0.256 e. The highest BCUT2D eigenvalue weighted by molar-refractivity contribution is 8.01. The highest BCUT2D eigenvalue weighted by Gasteiger charge is 2.57. The summed E-state index contributed by atoms with van der Waals surface area (Å²) in [4.78, 5) is 41.9. The van der Waals surface area contributed by atoms with E-state index in [1.165, 1.54) is 0 Å². The van der Waals surface area contributed by atoms with E-state index in [2.05, 4.69) is 10.6 Å². The predicted molar refractivity (Wildman–Crippen MR) is 135 cm³/mol. The summed E-state index contributed by atoms with van der Waals surface area (Å²) in [6.07, 6.45) is 0.734. The van der Waals surface area contributed by atoms with Crippen molar-refractivity contribution in [3.63, 3.8) is 0 Å². The molecule has 0 aliphatic carbocycles. The van der Waals surface area contributed by atoms with Crippen molar-refractivity contribution in [1.82, 2.24) is 15.5 Å². The van der Waals surface area contributed by atoms with Crippen molar-refractivity contribution in [3.05, 3.63) is 71.3 Å². The van der Waals surface area contributed by atoms with E-state index in [0.29, 0.717) is 5.56 Å². The summed E-state index contributed by atoms with van der Waals surface area (Å²) in [5.41, 5.74) is 2.61. The van der Waals surface area contributed by atoms with E-state index in [-0.39, 0.29) is 35.1 Å². The summed E-state index contributed by atoms with van der Waals surface area (Å²) in [6.45, 7) is 9.89. The Kier molecular flexibility index (Phi) is 6.76. The number of benzene rings is 2. The lowest BCUT2D eigenvalue weighted by atomic mass is 9.95. The first-order chi connectivity index (χ1) is 16.2. The van der Waals surface area contributed by atoms with Crippen molar-refractivity contribution in [2.75, 3.05) is 0 Å². The average Bonchev–Trinajstić information content (AvgIpc) is 3.26. The second-order valence-corrected chi connectivity index (χ2v) is 11.5. The van der Waals surface area contributed by atoms with Gasteiger partial charge in [0.1, 0.15) is 17.5 Å². The molecule has 2 aromatic carbocycles. The Labute approximate surface area is 205 Å². The third-order valence-corrected chi connectivity index (χ3v) is 8.53. The highest BCUT2D eigenvalue weighted by Crippen LogP contribution is 2.56. The normalized spacial score (nSPS) is 23.0. The fraction of sp³-hybridized carbons (Fsp3) is 0.444. The molecule has 2 heterocycles. The van der Waals surface area contributed by atoms with Gasteiger partial charge < -0.3 is 15.5 Å². The number of fused-ring (bicyclic) bond motifs is 3. The molecule has 34 heavy (non-hydrogen) atoms. The molecule has 0 unspecified atom stereocenters. The van der Waals surface area contributed by atoms with Crippen molar-refractivity contribution < 1.29 is 14.4 Å². The average molecular weight is 480 g/mol. The lowest BCUT2D eigenvalue weighted by molar-refractivity contribution is -0.133. The van der Waals surface area contributed by atoms with E-state index < -0.39 is 16.8 Å². The van der Waals surface area contributed by atoms with Gasteiger partial charge in [0.05, 0.1) is 6.04 Å². The third kappa shape index (κ3) is 4.33. The first-order valence-corrected chi connectivity index (χ1v) is 12.8. The van der Waals surface area contributed by atoms with Crippen molar-refractivity contribution in [2.45, 2.75) is 69.3 Å². The van der Waals surface area contributed by atoms with Crippen LogP contribution in [0.15, 0.2) is 54.6 Å². The Morgan fingerprint density at radius 1 is 1.03 bits per heavy atom. The van der Waals surface area contributed by atoms with Crippen molar-refractivity contribution >= 4 is 29.5 Å². The standard InChI is InChI=1S/C27H33N3O3S/c1-6-16(2)21(23(31)28-17(3)18-12-8-7-9-13-18)29-24(32)22-27(4,5)34-26-20-15-11-10-14-19(20)25(33)30(22)26/h7-17,21-22,26H,6H2,1-5H3,(H,28,31)(H,29,32)/t16-,17+,21+,22-,26+/m1/s1. The molecular formula is C27H33N3O3S. The first-order valence-electron chi connectivity index (χ1n) is 11.9. The molecule has 2 aromatic rings. The van der Waals surface area contributed by atoms with Gasteiger partial charge in [-0.25, -0.2) is 0 Å². The fourth-order valence-electron chi connectivity index (χ4n) is 4.87. The van der Waals surface area contributed by atoms with Crippen LogP contribution in [-0.4, -0.2) is 39.5 Å². The highest BCUT2D eigenvalue weighted by atomic mass is 32.2. The Morgan fingerprint density at radius 2 is 1.68 bits per heavy atom. The number of carbonyl (C=O) groups excluding carboxylic acids is 3. The molecule has 4 rings (SSSR count). The fourth-order valence-corrected chi connectivity index (χ4v) is 6.46. The van der Waals surface area contributed by atoms with Crippen molar-refractivity contribution in [3.8, 4) is 0 Å². The third-order valence-electron chi connectivity index (χ3n) is 7.00. The summed E-state index contributed by atoms with van der Waals surface area (Å²) < 4.78 is -0.494. The molecule has 0 aromatic heterocycles. The SMILES string of the molecule is CC[C@@H](C)[C@H](NC(=O)[C@H]1N2C(=O)c3ccccc3[C@@H]2SC1(C)C)C(=O)N[C@@H](C)c1ccccc1. The molecule has 0 bridgehead atoms. The Morgan fingerprint density at radius 3 is 2.35 bits per heavy atom. The van der Waals surface area contributed by atoms with Gasteiger partial charge in [-0.2, -0.15) is 0 Å². The molecule has 0 radical (unpaired) electrons. The van der Waals surface area contributed by atoms with E-state index >= 15 is 0 Å². The number of rotatable bonds is 7. The summed E-state index contributed by atoms with van der Waals surface area (Å²) in [5, 5.41) is 5.89. The van der Waals surface area contributed by atoms with Crippen molar-refractivity contribution in [1.29, 1.82) is 0 Å². The molecule has 6 nitrogen and oxygen atoms in total. The number of nitrogens with one attached hydrogen (secondary N) is 2. The summed E-state index contributed by atoms with van der Waals surface area (Å²) >= 11 is 1.62. The Bertz CT molecular complexity index is 1090. The minimum Gasteiger partial charge on any atom is -0.348 e. The number of hydrogen-bond donors (Lipinski definition) is 2. The van der Waals surface area contributed by atoms with Crippen LogP contribution in [0.1, 0.15) is 73.9 Å². The maximum Gasteiger partial charge on any atom is 0.256 e. The topological polar surface area (TPSA) is 78.5 Å². The largest absolute Gasteiger partial charge is 0.348 e. The molecule has 2 aliphatic rings. The zero-order valence-corrected chi connectivity index (χ0v) is 21.2. The second-order valence-electron chi connectivity index (χ2n) is 9.79. The van der Waals surface area contributed by atoms with Gasteiger partial charge in [0.25, 0.3) is 5.91 Å². The summed E-state index contributed by atoms with van der Waals surface area (Å²) in [6, 6.07) is 15.8. The number of carbonyl (C=O) groups is 3. The van der Waals surface area contributed by atoms with Gasteiger partial charge in [0.15, 0.2) is 0 Å². The Balaban J connectivity index is 1.55. The lowest BCUT2D eigenvalue weighted by Gasteiger charge is -2.32. The van der Waals surface area contributed by atoms with Gasteiger partial charge >= 0.3 is 0 Å². The second kappa shape index (κ2) is 9.45. The van der Waals surface area contributed by atoms with E-state index in [4.69, 9.17) is 0 Å². The zero-order valence-electron chi connectivity index (χ0n) is 20.4. The molecule has 180 valence electrons. The molecule has 5 atom stereocenters. The van der Waals surface area contributed by atoms with Crippen LogP contribution >= 0.6 is 11.8 Å². The molecule has 0 saturated carbocycles. The predicted octanol–water partition coefficient (Wildman–Crippen LogP) is 4.44. The first kappa shape index (κ1) is 24.3. The van der Waals surface area contributed by atoms with Crippen molar-refractivity contribution in [2.24, 2.45) is 5.92 Å². The van der Waals surface area contributed by atoms with Gasteiger partial charge in [-0.3, -0.25) is 14.4 Å². The van der Waals surface area contributed by atoms with Crippen LogP contribution in [-0.2, 0) is 9.59 Å². The zero-order chi connectivity index (χ0) is 24.6. The molecule has 2 N–H and O–H groups in total. The minimum atomic E-state index is -0.691. The minimum absolute atomic E-state index is 0.0636. The van der Waals surface area contributed by atoms with E-state index in [1.54, 1.807) is 16.7 Å². The number of thioether (sulfide) groups is 1. The lowest BCUT2D eigenvalue weighted by Crippen LogP contribution is -2.58. The number of amides is 3. The molecule has 1 saturated heterocycles. The maximum atomic E-state index is 13.7. The quantitative estimate of drug-likeness (QED) is 0.615. The van der Waals surface area contributed by atoms with Crippen LogP contribution in [0.3, 0.4) is 0 Å². The molecule has 2 aliphatic heterocycles. The Hall–Kier alpha value is -2.80. The van der Waals surface area contributed by atoms with Crippen LogP contribution in [0.4, 0.5) is 0 Å². The van der Waals surface area contributed by atoms with Gasteiger partial charge in [-0.1, -0.05) is 68.8 Å². The summed E-state index contributed by atoms with van der Waals surface area (Å²) in [7, 11) is 0. The van der Waals surface area contributed by atoms with E-state index in [0.717, 1.165) is 17.5 Å². The van der Waals surface area contributed by atoms with Crippen LogP contribution < -0.4 is 10.6 Å². The molecule has 7 heteroatoms. The van der Waals surface area contributed by atoms with Gasteiger partial charge in [-0.15, -0.1) is 11.8 Å². The van der Waals surface area contributed by atoms with E-state index in [9.17, 15) is 14.4 Å². The van der Waals surface area contributed by atoms with Crippen LogP contribution in [0.25, 0.3) is 0 Å². The van der Waals surface area contributed by atoms with Gasteiger partial charge in [0.2, 0.25) is 11.8 Å². The molecular weight excluding hydrogens is 446 g/mol. The summed E-state index contributed by atoms with van der Waals surface area (Å²) in [5.74, 6) is -0.684. The maximum absolute atomic E-state index is 13.7. The van der Waals surface area contributed by atoms with Crippen LogP contribution in [0.2, 0.25) is 0 Å².